The Kier molecular flexibility index (Phi) is 4.05. The first kappa shape index (κ1) is 15.5. The van der Waals surface area contributed by atoms with Crippen molar-refractivity contribution in [1.29, 1.82) is 0 Å². The Labute approximate surface area is 135 Å². The van der Waals surface area contributed by atoms with Gasteiger partial charge in [-0.3, -0.25) is 0 Å². The van der Waals surface area contributed by atoms with E-state index in [1.165, 1.54) is 0 Å². The topological polar surface area (TPSA) is 60.2 Å². The summed E-state index contributed by atoms with van der Waals surface area (Å²) in [6.45, 7) is 3.51. The fourth-order valence-corrected chi connectivity index (χ4v) is 4.71. The molecule has 0 aliphatic rings. The molecule has 0 aliphatic carbocycles. The molecule has 5 heteroatoms. The number of benzene rings is 2. The second kappa shape index (κ2) is 6.01. The molecule has 0 saturated heterocycles. The molecule has 1 heterocycles. The lowest BCUT2D eigenvalue weighted by Gasteiger charge is -2.18. The summed E-state index contributed by atoms with van der Waals surface area (Å²) >= 11 is 0. The van der Waals surface area contributed by atoms with Gasteiger partial charge in [-0.1, -0.05) is 53.7 Å². The van der Waals surface area contributed by atoms with Gasteiger partial charge in [-0.2, -0.15) is 0 Å². The number of nitrogens with zero attached hydrogens (tertiary/aromatic N) is 1. The lowest BCUT2D eigenvalue weighted by Crippen LogP contribution is -2.16. The number of rotatable bonds is 4. The number of aromatic nitrogens is 1. The average Bonchev–Trinajstić information content (AvgIpc) is 2.89. The van der Waals surface area contributed by atoms with Gasteiger partial charge in [0.1, 0.15) is 11.0 Å². The van der Waals surface area contributed by atoms with Gasteiger partial charge in [0, 0.05) is 5.56 Å². The van der Waals surface area contributed by atoms with Crippen LogP contribution in [0.1, 0.15) is 27.8 Å². The molecule has 0 radical (unpaired) electrons. The first-order valence-electron chi connectivity index (χ1n) is 7.28. The van der Waals surface area contributed by atoms with Crippen LogP contribution in [-0.2, 0) is 9.84 Å². The summed E-state index contributed by atoms with van der Waals surface area (Å²) in [6, 6.07) is 17.6. The normalized spacial score (nSPS) is 13.0. The van der Waals surface area contributed by atoms with Gasteiger partial charge in [0.2, 0.25) is 0 Å². The maximum absolute atomic E-state index is 13.3. The van der Waals surface area contributed by atoms with Crippen LogP contribution < -0.4 is 0 Å². The molecular weight excluding hydrogens is 310 g/mol. The molecule has 0 saturated carbocycles. The second-order valence-electron chi connectivity index (χ2n) is 5.39. The smallest absolute Gasteiger partial charge is 0.189 e. The Bertz CT molecular complexity index is 880. The van der Waals surface area contributed by atoms with Gasteiger partial charge < -0.3 is 4.52 Å². The highest BCUT2D eigenvalue weighted by atomic mass is 32.2. The van der Waals surface area contributed by atoms with E-state index in [4.69, 9.17) is 4.52 Å². The first-order chi connectivity index (χ1) is 11.0. The molecular formula is C18H17NO3S. The molecule has 1 atom stereocenters. The van der Waals surface area contributed by atoms with E-state index < -0.39 is 15.1 Å². The van der Waals surface area contributed by atoms with Crippen LogP contribution in [-0.4, -0.2) is 13.6 Å². The third kappa shape index (κ3) is 2.80. The highest BCUT2D eigenvalue weighted by molar-refractivity contribution is 7.92. The Morgan fingerprint density at radius 3 is 2.00 bits per heavy atom. The standard InChI is InChI=1S/C18H17NO3S/c1-13-17(14(2)22-19-13)18(15-9-5-3-6-10-15)23(20,21)16-11-7-4-8-12-16/h3-12,18H,1-2H3/t18-/m1/s1. The Morgan fingerprint density at radius 1 is 0.913 bits per heavy atom. The van der Waals surface area contributed by atoms with Crippen molar-refractivity contribution in [1.82, 2.24) is 5.16 Å². The van der Waals surface area contributed by atoms with E-state index in [9.17, 15) is 8.42 Å². The molecule has 0 bridgehead atoms. The van der Waals surface area contributed by atoms with E-state index in [-0.39, 0.29) is 4.90 Å². The van der Waals surface area contributed by atoms with Crippen molar-refractivity contribution >= 4 is 9.84 Å². The van der Waals surface area contributed by atoms with E-state index >= 15 is 0 Å². The molecule has 0 aliphatic heterocycles. The molecule has 0 amide bonds. The first-order valence-corrected chi connectivity index (χ1v) is 8.83. The van der Waals surface area contributed by atoms with Gasteiger partial charge in [-0.25, -0.2) is 8.42 Å². The minimum Gasteiger partial charge on any atom is -0.361 e. The Balaban J connectivity index is 2.26. The van der Waals surface area contributed by atoms with Gasteiger partial charge in [-0.05, 0) is 31.5 Å². The summed E-state index contributed by atoms with van der Waals surface area (Å²) in [5.41, 5.74) is 1.90. The van der Waals surface area contributed by atoms with Gasteiger partial charge in [-0.15, -0.1) is 0 Å². The molecule has 0 unspecified atom stereocenters. The number of hydrogen-bond acceptors (Lipinski definition) is 4. The molecule has 4 nitrogen and oxygen atoms in total. The van der Waals surface area contributed by atoms with Crippen LogP contribution >= 0.6 is 0 Å². The highest BCUT2D eigenvalue weighted by Gasteiger charge is 2.34. The zero-order valence-corrected chi connectivity index (χ0v) is 13.7. The number of aryl methyl sites for hydroxylation is 2. The van der Waals surface area contributed by atoms with Crippen molar-refractivity contribution < 1.29 is 12.9 Å². The number of hydrogen-bond donors (Lipinski definition) is 0. The summed E-state index contributed by atoms with van der Waals surface area (Å²) < 4.78 is 31.7. The van der Waals surface area contributed by atoms with E-state index in [0.29, 0.717) is 22.6 Å². The van der Waals surface area contributed by atoms with Crippen molar-refractivity contribution in [2.24, 2.45) is 0 Å². The van der Waals surface area contributed by atoms with Crippen LogP contribution in [0.25, 0.3) is 0 Å². The van der Waals surface area contributed by atoms with Crippen LogP contribution in [0.4, 0.5) is 0 Å². The van der Waals surface area contributed by atoms with E-state index in [0.717, 1.165) is 0 Å². The van der Waals surface area contributed by atoms with Crippen LogP contribution in [0.5, 0.6) is 0 Å². The minimum absolute atomic E-state index is 0.286. The van der Waals surface area contributed by atoms with Crippen molar-refractivity contribution in [2.75, 3.05) is 0 Å². The summed E-state index contributed by atoms with van der Waals surface area (Å²) in [7, 11) is -3.62. The Morgan fingerprint density at radius 2 is 1.48 bits per heavy atom. The predicted molar refractivity (Wildman–Crippen MR) is 87.9 cm³/mol. The minimum atomic E-state index is -3.62. The lowest BCUT2D eigenvalue weighted by atomic mass is 10.0. The third-order valence-corrected chi connectivity index (χ3v) is 5.89. The maximum Gasteiger partial charge on any atom is 0.189 e. The van der Waals surface area contributed by atoms with Crippen LogP contribution in [0.2, 0.25) is 0 Å². The molecule has 0 spiro atoms. The molecule has 3 aromatic rings. The third-order valence-electron chi connectivity index (χ3n) is 3.84. The molecule has 0 N–H and O–H groups in total. The molecule has 118 valence electrons. The van der Waals surface area contributed by atoms with Gasteiger partial charge in [0.25, 0.3) is 0 Å². The SMILES string of the molecule is Cc1noc(C)c1[C@@H](c1ccccc1)S(=O)(=O)c1ccccc1. The zero-order valence-electron chi connectivity index (χ0n) is 12.9. The van der Waals surface area contributed by atoms with E-state index in [1.54, 1.807) is 44.2 Å². The van der Waals surface area contributed by atoms with Crippen molar-refractivity contribution in [2.45, 2.75) is 24.0 Å². The quantitative estimate of drug-likeness (QED) is 0.730. The van der Waals surface area contributed by atoms with Crippen LogP contribution in [0.15, 0.2) is 70.1 Å². The zero-order chi connectivity index (χ0) is 16.4. The summed E-state index contributed by atoms with van der Waals surface area (Å²) in [6.07, 6.45) is 0. The van der Waals surface area contributed by atoms with E-state index in [2.05, 4.69) is 5.16 Å². The molecule has 0 fully saturated rings. The predicted octanol–water partition coefficient (Wildman–Crippen LogP) is 3.85. The largest absolute Gasteiger partial charge is 0.361 e. The van der Waals surface area contributed by atoms with Crippen LogP contribution in [0, 0.1) is 13.8 Å². The molecule has 1 aromatic heterocycles. The van der Waals surface area contributed by atoms with Crippen LogP contribution in [0.3, 0.4) is 0 Å². The molecule has 23 heavy (non-hydrogen) atoms. The lowest BCUT2D eigenvalue weighted by molar-refractivity contribution is 0.392. The Hall–Kier alpha value is -2.40. The molecule has 2 aromatic carbocycles. The second-order valence-corrected chi connectivity index (χ2v) is 7.42. The molecule has 3 rings (SSSR count). The van der Waals surface area contributed by atoms with E-state index in [1.807, 2.05) is 30.3 Å². The summed E-state index contributed by atoms with van der Waals surface area (Å²) in [5, 5.41) is 3.09. The van der Waals surface area contributed by atoms with Crippen molar-refractivity contribution in [3.05, 3.63) is 83.2 Å². The summed E-state index contributed by atoms with van der Waals surface area (Å²) in [5.74, 6) is 0.524. The average molecular weight is 327 g/mol. The maximum atomic E-state index is 13.3. The fourth-order valence-electron chi connectivity index (χ4n) is 2.74. The van der Waals surface area contributed by atoms with Gasteiger partial charge in [0.15, 0.2) is 9.84 Å². The monoisotopic (exact) mass is 327 g/mol. The van der Waals surface area contributed by atoms with Crippen molar-refractivity contribution in [3.63, 3.8) is 0 Å². The summed E-state index contributed by atoms with van der Waals surface area (Å²) in [4.78, 5) is 0.286. The number of sulfone groups is 1. The fraction of sp³-hybridized carbons (Fsp3) is 0.167. The van der Waals surface area contributed by atoms with Crippen molar-refractivity contribution in [3.8, 4) is 0 Å². The highest BCUT2D eigenvalue weighted by Crippen LogP contribution is 2.37. The van der Waals surface area contributed by atoms with Gasteiger partial charge >= 0.3 is 0 Å². The van der Waals surface area contributed by atoms with Gasteiger partial charge in [0.05, 0.1) is 10.6 Å².